The quantitative estimate of drug-likeness (QED) is 0.867. The second kappa shape index (κ2) is 4.10. The number of aromatic nitrogens is 2. The molecule has 1 aliphatic carbocycles. The lowest BCUT2D eigenvalue weighted by Crippen LogP contribution is -2.46. The van der Waals surface area contributed by atoms with Crippen molar-refractivity contribution >= 4 is 10.0 Å². The Morgan fingerprint density at radius 2 is 2.12 bits per heavy atom. The number of fused-ring (bicyclic) bond motifs is 1. The third-order valence-electron chi connectivity index (χ3n) is 4.00. The van der Waals surface area contributed by atoms with E-state index in [9.17, 15) is 8.42 Å². The molecule has 17 heavy (non-hydrogen) atoms. The summed E-state index contributed by atoms with van der Waals surface area (Å²) >= 11 is 0. The van der Waals surface area contributed by atoms with Crippen LogP contribution in [0.15, 0.2) is 17.3 Å². The van der Waals surface area contributed by atoms with Crippen molar-refractivity contribution in [3.63, 3.8) is 0 Å². The second-order valence-corrected chi connectivity index (χ2v) is 6.80. The molecule has 5 nitrogen and oxygen atoms in total. The molecule has 2 atom stereocenters. The van der Waals surface area contributed by atoms with Crippen LogP contribution >= 0.6 is 0 Å². The number of hydrogen-bond donors (Lipinski definition) is 1. The predicted molar refractivity (Wildman–Crippen MR) is 62.8 cm³/mol. The molecule has 0 amide bonds. The maximum Gasteiger partial charge on any atom is 0.260 e. The average Bonchev–Trinajstić information content (AvgIpc) is 2.99. The number of nitrogens with zero attached hydrogens (tertiary/aromatic N) is 2. The summed E-state index contributed by atoms with van der Waals surface area (Å²) in [5.41, 5.74) is 0. The van der Waals surface area contributed by atoms with Crippen LogP contribution in [0, 0.1) is 5.92 Å². The molecule has 94 valence electrons. The highest BCUT2D eigenvalue weighted by Crippen LogP contribution is 2.38. The van der Waals surface area contributed by atoms with Crippen LogP contribution in [0.3, 0.4) is 0 Å². The van der Waals surface area contributed by atoms with E-state index in [4.69, 9.17) is 0 Å². The Bertz CT molecular complexity index is 483. The summed E-state index contributed by atoms with van der Waals surface area (Å²) in [4.78, 5) is 0. The summed E-state index contributed by atoms with van der Waals surface area (Å²) < 4.78 is 26.6. The molecule has 1 N–H and O–H groups in total. The summed E-state index contributed by atoms with van der Waals surface area (Å²) in [6.07, 6.45) is 7.00. The van der Waals surface area contributed by atoms with Crippen LogP contribution in [-0.2, 0) is 10.0 Å². The number of H-pyrrole nitrogens is 1. The SMILES string of the molecule is O=S(=O)(c1ccn[nH]1)N1CCCC2CCCC21. The Morgan fingerprint density at radius 3 is 2.88 bits per heavy atom. The predicted octanol–water partition coefficient (Wildman–Crippen LogP) is 1.36. The summed E-state index contributed by atoms with van der Waals surface area (Å²) in [5, 5.41) is 6.54. The lowest BCUT2D eigenvalue weighted by Gasteiger charge is -2.36. The van der Waals surface area contributed by atoms with Gasteiger partial charge >= 0.3 is 0 Å². The molecule has 0 spiro atoms. The Labute approximate surface area is 101 Å². The number of sulfonamides is 1. The van der Waals surface area contributed by atoms with Gasteiger partial charge in [-0.2, -0.15) is 9.40 Å². The van der Waals surface area contributed by atoms with Crippen molar-refractivity contribution in [3.8, 4) is 0 Å². The summed E-state index contributed by atoms with van der Waals surface area (Å²) in [7, 11) is -3.36. The number of rotatable bonds is 2. The monoisotopic (exact) mass is 255 g/mol. The lowest BCUT2D eigenvalue weighted by molar-refractivity contribution is 0.201. The van der Waals surface area contributed by atoms with Gasteiger partial charge in [-0.3, -0.25) is 5.10 Å². The molecule has 1 saturated carbocycles. The van der Waals surface area contributed by atoms with Crippen LogP contribution in [0.2, 0.25) is 0 Å². The van der Waals surface area contributed by atoms with Crippen LogP contribution in [0.4, 0.5) is 0 Å². The molecule has 0 aromatic carbocycles. The number of aromatic amines is 1. The number of piperidine rings is 1. The maximum atomic E-state index is 12.4. The summed E-state index contributed by atoms with van der Waals surface area (Å²) in [5.74, 6) is 0.571. The molecule has 3 rings (SSSR count). The zero-order valence-electron chi connectivity index (χ0n) is 9.67. The third-order valence-corrected chi connectivity index (χ3v) is 5.86. The maximum absolute atomic E-state index is 12.4. The lowest BCUT2D eigenvalue weighted by atomic mass is 9.94. The fourth-order valence-corrected chi connectivity index (χ4v) is 4.88. The fourth-order valence-electron chi connectivity index (χ4n) is 3.22. The van der Waals surface area contributed by atoms with Gasteiger partial charge in [0.2, 0.25) is 0 Å². The third kappa shape index (κ3) is 1.79. The topological polar surface area (TPSA) is 66.1 Å². The molecule has 1 aromatic rings. The van der Waals surface area contributed by atoms with Crippen molar-refractivity contribution in [2.24, 2.45) is 5.92 Å². The molecular formula is C11H17N3O2S. The van der Waals surface area contributed by atoms with Crippen LogP contribution in [0.1, 0.15) is 32.1 Å². The van der Waals surface area contributed by atoms with Crippen molar-refractivity contribution in [1.82, 2.24) is 14.5 Å². The zero-order chi connectivity index (χ0) is 11.9. The molecule has 6 heteroatoms. The molecule has 2 aliphatic rings. The molecule has 2 unspecified atom stereocenters. The average molecular weight is 255 g/mol. The van der Waals surface area contributed by atoms with E-state index in [0.29, 0.717) is 12.5 Å². The fraction of sp³-hybridized carbons (Fsp3) is 0.727. The first-order chi connectivity index (χ1) is 8.19. The van der Waals surface area contributed by atoms with Crippen LogP contribution < -0.4 is 0 Å². The highest BCUT2D eigenvalue weighted by atomic mass is 32.2. The molecule has 2 heterocycles. The van der Waals surface area contributed by atoms with Crippen LogP contribution in [0.25, 0.3) is 0 Å². The Kier molecular flexibility index (Phi) is 2.71. The highest BCUT2D eigenvalue weighted by molar-refractivity contribution is 7.89. The number of hydrogen-bond acceptors (Lipinski definition) is 3. The minimum absolute atomic E-state index is 0.219. The van der Waals surface area contributed by atoms with E-state index in [2.05, 4.69) is 10.2 Å². The Balaban J connectivity index is 1.93. The van der Waals surface area contributed by atoms with Crippen molar-refractivity contribution in [2.75, 3.05) is 6.54 Å². The van der Waals surface area contributed by atoms with E-state index in [-0.39, 0.29) is 11.1 Å². The summed E-state index contributed by atoms with van der Waals surface area (Å²) in [6, 6.07) is 1.76. The molecule has 1 aliphatic heterocycles. The first-order valence-electron chi connectivity index (χ1n) is 6.21. The van der Waals surface area contributed by atoms with E-state index in [1.807, 2.05) is 0 Å². The van der Waals surface area contributed by atoms with Gasteiger partial charge in [0.05, 0.1) is 6.20 Å². The molecule has 1 aromatic heterocycles. The molecule has 2 fully saturated rings. The highest BCUT2D eigenvalue weighted by Gasteiger charge is 2.41. The first kappa shape index (κ1) is 11.2. The normalized spacial score (nSPS) is 30.4. The minimum atomic E-state index is -3.36. The van der Waals surface area contributed by atoms with Gasteiger partial charge in [-0.15, -0.1) is 0 Å². The smallest absolute Gasteiger partial charge is 0.260 e. The van der Waals surface area contributed by atoms with Gasteiger partial charge < -0.3 is 0 Å². The largest absolute Gasteiger partial charge is 0.266 e. The van der Waals surface area contributed by atoms with Gasteiger partial charge in [-0.25, -0.2) is 8.42 Å². The second-order valence-electron chi connectivity index (χ2n) is 4.94. The van der Waals surface area contributed by atoms with Gasteiger partial charge in [0.25, 0.3) is 10.0 Å². The van der Waals surface area contributed by atoms with Crippen LogP contribution in [0.5, 0.6) is 0 Å². The van der Waals surface area contributed by atoms with Crippen molar-refractivity contribution < 1.29 is 8.42 Å². The molecule has 1 saturated heterocycles. The van der Waals surface area contributed by atoms with E-state index in [1.54, 1.807) is 4.31 Å². The van der Waals surface area contributed by atoms with Crippen LogP contribution in [-0.4, -0.2) is 35.5 Å². The van der Waals surface area contributed by atoms with Gasteiger partial charge in [-0.05, 0) is 37.7 Å². The standard InChI is InChI=1S/C11H17N3O2S/c15-17(16,11-6-7-12-13-11)14-8-2-4-9-3-1-5-10(9)14/h6-7,9-10H,1-5,8H2,(H,12,13). The van der Waals surface area contributed by atoms with Gasteiger partial charge in [0, 0.05) is 12.6 Å². The summed E-state index contributed by atoms with van der Waals surface area (Å²) in [6.45, 7) is 0.655. The molecular weight excluding hydrogens is 238 g/mol. The molecule has 0 bridgehead atoms. The van der Waals surface area contributed by atoms with Crippen molar-refractivity contribution in [3.05, 3.63) is 12.3 Å². The zero-order valence-corrected chi connectivity index (χ0v) is 10.5. The van der Waals surface area contributed by atoms with E-state index < -0.39 is 10.0 Å². The van der Waals surface area contributed by atoms with Gasteiger partial charge in [0.15, 0.2) is 5.03 Å². The van der Waals surface area contributed by atoms with Crippen molar-refractivity contribution in [2.45, 2.75) is 43.2 Å². The Hall–Kier alpha value is -0.880. The molecule has 0 radical (unpaired) electrons. The van der Waals surface area contributed by atoms with E-state index in [1.165, 1.54) is 25.1 Å². The Morgan fingerprint density at radius 1 is 1.29 bits per heavy atom. The van der Waals surface area contributed by atoms with Crippen molar-refractivity contribution in [1.29, 1.82) is 0 Å². The first-order valence-corrected chi connectivity index (χ1v) is 7.65. The number of nitrogens with one attached hydrogen (secondary N) is 1. The van der Waals surface area contributed by atoms with Gasteiger partial charge in [-0.1, -0.05) is 6.42 Å². The van der Waals surface area contributed by atoms with E-state index >= 15 is 0 Å². The van der Waals surface area contributed by atoms with E-state index in [0.717, 1.165) is 19.3 Å². The van der Waals surface area contributed by atoms with Gasteiger partial charge in [0.1, 0.15) is 0 Å². The minimum Gasteiger partial charge on any atom is -0.266 e.